The number of rotatable bonds is 15. The van der Waals surface area contributed by atoms with Gasteiger partial charge in [-0.3, -0.25) is 24.0 Å². The Morgan fingerprint density at radius 2 is 0.817 bits per heavy atom. The Kier molecular flexibility index (Phi) is 36.2. The third-order valence-electron chi connectivity index (χ3n) is 22.5. The number of nitrogens with zero attached hydrogens (tertiary/aromatic N) is 7. The number of Topliss-reactive ketones (excluding diaryl/α,β-unsaturated/α-hetero) is 2. The molecule has 18 rings (SSSR count). The van der Waals surface area contributed by atoms with Crippen LogP contribution in [0.5, 0.6) is 23.0 Å². The number of aromatic nitrogens is 7. The van der Waals surface area contributed by atoms with Gasteiger partial charge >= 0.3 is 144 Å². The molecule has 0 unspecified atom stereocenters. The summed E-state index contributed by atoms with van der Waals surface area (Å²) in [5.41, 5.74) is 35.7. The fraction of sp³-hybridized carbons (Fsp3) is 0.340. The van der Waals surface area contributed by atoms with E-state index >= 15 is 0 Å². The van der Waals surface area contributed by atoms with Gasteiger partial charge in [0.1, 0.15) is 56.8 Å². The van der Waals surface area contributed by atoms with Gasteiger partial charge in [-0.1, -0.05) is 101 Å². The van der Waals surface area contributed by atoms with E-state index in [1.54, 1.807) is 37.4 Å². The smallest absolute Gasteiger partial charge is 1.00 e. The van der Waals surface area contributed by atoms with Gasteiger partial charge in [-0.25, -0.2) is 34.9 Å². The fourth-order valence-corrected chi connectivity index (χ4v) is 16.9. The van der Waals surface area contributed by atoms with E-state index in [4.69, 9.17) is 90.0 Å². The number of benzene rings is 5. The first-order valence-corrected chi connectivity index (χ1v) is 41.9. The average molecular weight is 1930 g/mol. The number of ether oxygens (including phenoxy) is 3. The molecule has 0 bridgehead atoms. The van der Waals surface area contributed by atoms with Crippen LogP contribution in [0.4, 0.5) is 5.69 Å². The van der Waals surface area contributed by atoms with Gasteiger partial charge in [0.15, 0.2) is 17.9 Å². The molecule has 5 N–H and O–H groups in total. The second-order valence-corrected chi connectivity index (χ2v) is 30.6. The monoisotopic (exact) mass is 1930 g/mol. The summed E-state index contributed by atoms with van der Waals surface area (Å²) in [6.07, 6.45) is 23.2. The molecule has 0 spiro atoms. The standard InChI is InChI=1S/C33H31N3O2.C31H27N3O2.C17H21NO2.C8H9NO2.C3H5ClO2.CH2Cl2.CH2O3.2Cs.7H2.H/c1-3-4-10-24-25-14-12-21-16-19-7-5-9-23(18-37)28(19)34-30(21)32(25)36-33-26(24)15-13-22-17-20-8-6-11-27(38-2)29(20)35-31(22)33;1-2-3-8-21-22-13-11-19-15-17-6-4-9-24(35)26(17)32-28(19)30(22)34-31-23(21)14-12-20-16-18-7-5-10-25(36)27(18)33-29(20)31;1-2-3-6-11-12-7-4-9-14(19)16(12)18-17-13(11)8-5-10-15(17)20;1-11-7-4-2-3-6(5-10)8(7)9;1-6-3(5)2-4;2-1-3;2-1-4-3;;;;;;;;;;/h5-9,11,16-17,37H,3-4,10,12-15,18H2,1-2H3;4-7,9-10,15-16,35-36H,2-3,8,11-14H2,1H3;2-10H2,1H3;2-5H,9H2,1H3;2H2,1H3;1H2;1,3H;;;7*1H;/q;;;;;;;2*+1;;;;;;;;-1/p-1. The van der Waals surface area contributed by atoms with Crippen LogP contribution in [0.1, 0.15) is 206 Å². The predicted octanol–water partition coefficient (Wildman–Crippen LogP) is 13.7. The second-order valence-electron chi connectivity index (χ2n) is 29.5. The van der Waals surface area contributed by atoms with E-state index in [1.165, 1.54) is 75.4 Å². The van der Waals surface area contributed by atoms with Gasteiger partial charge in [-0.15, -0.1) is 34.8 Å². The van der Waals surface area contributed by atoms with E-state index < -0.39 is 5.97 Å². The van der Waals surface area contributed by atoms with E-state index in [0.717, 1.165) is 235 Å². The molecular weight excluding hydrogens is 1820 g/mol. The van der Waals surface area contributed by atoms with Crippen LogP contribution in [0.15, 0.2) is 115 Å². The molecule has 26 heteroatoms. The molecule has 0 amide bonds. The molecule has 0 radical (unpaired) electrons. The maximum atomic E-state index is 12.1. The summed E-state index contributed by atoms with van der Waals surface area (Å²) < 4.78 is 14.7. The molecule has 7 heterocycles. The molecule has 5 aromatic carbocycles. The number of unbranched alkanes of at least 4 members (excludes halogenated alkanes) is 3. The van der Waals surface area contributed by atoms with Crippen molar-refractivity contribution in [3.63, 3.8) is 0 Å². The number of aliphatic hydroxyl groups excluding tert-OH is 1. The Bertz CT molecular complexity index is 5550. The van der Waals surface area contributed by atoms with Crippen LogP contribution in [0, 0.1) is 0 Å². The Balaban J connectivity index is 0.000000569. The Labute approximate surface area is 843 Å². The number of anilines is 1. The van der Waals surface area contributed by atoms with E-state index in [0.29, 0.717) is 58.5 Å². The van der Waals surface area contributed by atoms with Crippen molar-refractivity contribution in [2.45, 2.75) is 175 Å². The Morgan fingerprint density at radius 3 is 1.18 bits per heavy atom. The number of para-hydroxylation sites is 5. The number of phenolic OH excluding ortho intramolecular Hbond substituents is 2. The van der Waals surface area contributed by atoms with Crippen molar-refractivity contribution < 1.29 is 213 Å². The van der Waals surface area contributed by atoms with Crippen molar-refractivity contribution >= 4 is 114 Å². The first-order valence-electron chi connectivity index (χ1n) is 40.3. The number of carbonyl (C=O) groups excluding carboxylic acids is 5. The van der Waals surface area contributed by atoms with E-state index in [1.807, 2.05) is 48.5 Å². The molecule has 12 aromatic rings. The van der Waals surface area contributed by atoms with Crippen molar-refractivity contribution in [2.75, 3.05) is 38.3 Å². The topological polar surface area (TPSA) is 322 Å². The van der Waals surface area contributed by atoms with Gasteiger partial charge in [0.2, 0.25) is 0 Å². The van der Waals surface area contributed by atoms with Crippen molar-refractivity contribution in [2.24, 2.45) is 0 Å². The molecule has 6 aliphatic carbocycles. The van der Waals surface area contributed by atoms with Gasteiger partial charge in [0, 0.05) is 55.5 Å². The zero-order valence-electron chi connectivity index (χ0n) is 70.3. The number of aromatic hydroxyl groups is 2. The predicted molar refractivity (Wildman–Crippen MR) is 477 cm³/mol. The third kappa shape index (κ3) is 21.2. The summed E-state index contributed by atoms with van der Waals surface area (Å²) in [5, 5.41) is 43.8. The molecule has 6 aliphatic rings. The fourth-order valence-electron chi connectivity index (χ4n) is 16.8. The van der Waals surface area contributed by atoms with Crippen LogP contribution >= 0.6 is 34.8 Å². The number of halogens is 3. The summed E-state index contributed by atoms with van der Waals surface area (Å²) >= 11 is 14.5. The number of aryl methyl sites for hydroxylation is 4. The maximum Gasteiger partial charge on any atom is 1.00 e. The number of alkyl halides is 3. The zero-order chi connectivity index (χ0) is 83.7. The molecule has 0 atom stereocenters. The number of fused-ring (bicyclic) bond motifs is 18. The van der Waals surface area contributed by atoms with Gasteiger partial charge in [0.05, 0.1) is 90.0 Å². The number of hydrogen-bond acceptors (Lipinski definition) is 21. The number of esters is 1. The van der Waals surface area contributed by atoms with E-state index in [9.17, 15) is 34.5 Å². The summed E-state index contributed by atoms with van der Waals surface area (Å²) in [7, 11) is 4.51. The van der Waals surface area contributed by atoms with Gasteiger partial charge in [0.25, 0.3) is 6.47 Å². The number of ketones is 2. The number of hydrogen-bond donors (Lipinski definition) is 4. The number of aliphatic hydroxyl groups is 1. The normalized spacial score (nSPS) is 13.0. The van der Waals surface area contributed by atoms with Crippen LogP contribution in [-0.4, -0.2) is 113 Å². The summed E-state index contributed by atoms with van der Waals surface area (Å²) in [6, 6.07) is 37.2. The summed E-state index contributed by atoms with van der Waals surface area (Å²) in [4.78, 5) is 91.2. The van der Waals surface area contributed by atoms with Crippen molar-refractivity contribution in [3.8, 4) is 68.5 Å². The number of nitrogen functional groups attached to an aromatic ring is 1. The average Bonchev–Trinajstić information content (AvgIpc) is 0.732. The molecule has 0 aliphatic heterocycles. The van der Waals surface area contributed by atoms with Crippen molar-refractivity contribution in [1.29, 1.82) is 0 Å². The molecule has 0 saturated heterocycles. The van der Waals surface area contributed by atoms with Crippen molar-refractivity contribution in [1.82, 2.24) is 34.9 Å². The number of phenols is 2. The molecule has 120 heavy (non-hydrogen) atoms. The van der Waals surface area contributed by atoms with Gasteiger partial charge < -0.3 is 46.8 Å². The molecular formula is C94H111Cl3Cs2N8O13. The van der Waals surface area contributed by atoms with Gasteiger partial charge in [-0.2, -0.15) is 0 Å². The first kappa shape index (κ1) is 95.3. The number of pyridine rings is 7. The molecule has 21 nitrogen and oxygen atoms in total. The zero-order valence-corrected chi connectivity index (χ0v) is 84.1. The van der Waals surface area contributed by atoms with Crippen molar-refractivity contribution in [3.05, 3.63) is 210 Å². The van der Waals surface area contributed by atoms with Crippen LogP contribution in [-0.2, 0) is 109 Å². The van der Waals surface area contributed by atoms with Crippen LogP contribution < -0.4 is 158 Å². The minimum absolute atomic E-state index is 0. The largest absolute Gasteiger partial charge is 1.00 e. The van der Waals surface area contributed by atoms with Crippen LogP contribution in [0.25, 0.3) is 89.2 Å². The van der Waals surface area contributed by atoms with E-state index in [2.05, 4.69) is 71.8 Å². The van der Waals surface area contributed by atoms with Crippen LogP contribution in [0.3, 0.4) is 0 Å². The number of aldehydes is 1. The van der Waals surface area contributed by atoms with E-state index in [-0.39, 0.29) is 197 Å². The quantitative estimate of drug-likeness (QED) is 0.0185. The molecule has 7 aromatic heterocycles. The SMILES string of the molecule is CCCCc1c2c(nc3c1CCCC3=O)C(=O)CCC2.CCCCc1c2c(nc3c1CCc1cc4cccc(O)c4nc1-3)-c1nc3c(O)cccc3cc1CC2.CCCCc1c2c(nc3c1CCc1cc4cccc(OC)c4nc1-3)-c1nc3c(CO)cccc3cc1CC2.COC(=O)CCl.COc1cccc(C=O)c1N.ClCCl.O=CO[O-].[Cs+].[Cs+].[H-].[HH].[HH].[HH].[HH].[HH].[HH].[HH]. The number of methoxy groups -OCH3 is 3. The maximum absolute atomic E-state index is 12.1. The number of nitrogens with two attached hydrogens (primary N) is 1. The van der Waals surface area contributed by atoms with Gasteiger partial charge in [-0.05, 0) is 242 Å². The Hall–Kier alpha value is -6.97. The minimum atomic E-state index is -0.392. The molecule has 0 saturated carbocycles. The molecule has 0 fully saturated rings. The van der Waals surface area contributed by atoms with Crippen LogP contribution in [0.2, 0.25) is 0 Å². The first-order chi connectivity index (χ1) is 57.5. The number of carbonyl (C=O) groups is 5. The summed E-state index contributed by atoms with van der Waals surface area (Å²) in [5.74, 6) is 1.52. The Morgan fingerprint density at radius 1 is 0.475 bits per heavy atom. The second kappa shape index (κ2) is 45.6. The molecule has 628 valence electrons. The third-order valence-corrected chi connectivity index (χ3v) is 22.7. The minimum Gasteiger partial charge on any atom is -1.00 e. The summed E-state index contributed by atoms with van der Waals surface area (Å²) in [6.45, 7) is 6.46.